The zero-order valence-electron chi connectivity index (χ0n) is 15.2. The Balaban J connectivity index is 0.000000269. The van der Waals surface area contributed by atoms with Gasteiger partial charge in [0.05, 0.1) is 0 Å². The second-order valence-corrected chi connectivity index (χ2v) is 6.06. The molecule has 0 saturated heterocycles. The van der Waals surface area contributed by atoms with Crippen molar-refractivity contribution in [3.8, 4) is 11.5 Å². The quantitative estimate of drug-likeness (QED) is 0.527. The maximum atomic E-state index is 11.5. The summed E-state index contributed by atoms with van der Waals surface area (Å²) >= 11 is 0. The maximum absolute atomic E-state index is 11.5. The summed E-state index contributed by atoms with van der Waals surface area (Å²) in [6, 6.07) is 23.7. The van der Waals surface area contributed by atoms with E-state index in [9.17, 15) is 4.79 Å². The highest BCUT2D eigenvalue weighted by Crippen LogP contribution is 2.26. The molecule has 0 heterocycles. The summed E-state index contributed by atoms with van der Waals surface area (Å²) < 4.78 is 5.76. The Kier molecular flexibility index (Phi) is 6.53. The second-order valence-electron chi connectivity index (χ2n) is 6.06. The van der Waals surface area contributed by atoms with Crippen molar-refractivity contribution in [2.24, 2.45) is 0 Å². The Morgan fingerprint density at radius 2 is 1.20 bits per heavy atom. The monoisotopic (exact) mass is 332 g/mol. The highest BCUT2D eigenvalue weighted by atomic mass is 16.5. The Morgan fingerprint density at radius 3 is 1.60 bits per heavy atom. The van der Waals surface area contributed by atoms with Crippen LogP contribution in [0.15, 0.2) is 72.8 Å². The van der Waals surface area contributed by atoms with Crippen molar-refractivity contribution < 1.29 is 9.53 Å². The van der Waals surface area contributed by atoms with Crippen LogP contribution in [0.25, 0.3) is 0 Å². The summed E-state index contributed by atoms with van der Waals surface area (Å²) in [5, 5.41) is 0. The van der Waals surface area contributed by atoms with Gasteiger partial charge in [0, 0.05) is 5.56 Å². The van der Waals surface area contributed by atoms with Crippen LogP contribution in [0.5, 0.6) is 11.5 Å². The SMILES string of the molecule is CC(=O)c1c(C)cc(Oc2ccccc2)cc1C.Cc1ccccc1. The molecular formula is C23H24O2. The predicted octanol–water partition coefficient (Wildman–Crippen LogP) is 6.29. The molecule has 0 amide bonds. The highest BCUT2D eigenvalue weighted by Gasteiger charge is 2.10. The van der Waals surface area contributed by atoms with Crippen molar-refractivity contribution in [3.63, 3.8) is 0 Å². The summed E-state index contributed by atoms with van der Waals surface area (Å²) in [5.41, 5.74) is 4.01. The van der Waals surface area contributed by atoms with Gasteiger partial charge in [-0.2, -0.15) is 0 Å². The van der Waals surface area contributed by atoms with Crippen LogP contribution in [0.3, 0.4) is 0 Å². The van der Waals surface area contributed by atoms with E-state index >= 15 is 0 Å². The lowest BCUT2D eigenvalue weighted by Crippen LogP contribution is -2.00. The third kappa shape index (κ3) is 5.61. The molecule has 0 saturated carbocycles. The van der Waals surface area contributed by atoms with Crippen molar-refractivity contribution in [2.45, 2.75) is 27.7 Å². The number of Topliss-reactive ketones (excluding diaryl/α,β-unsaturated/α-hetero) is 1. The fraction of sp³-hybridized carbons (Fsp3) is 0.174. The molecule has 0 radical (unpaired) electrons. The van der Waals surface area contributed by atoms with E-state index in [1.807, 2.05) is 74.5 Å². The van der Waals surface area contributed by atoms with Crippen molar-refractivity contribution in [2.75, 3.05) is 0 Å². The van der Waals surface area contributed by atoms with Gasteiger partial charge < -0.3 is 4.74 Å². The first-order chi connectivity index (χ1) is 12.0. The van der Waals surface area contributed by atoms with Crippen LogP contribution in [0.4, 0.5) is 0 Å². The molecule has 0 bridgehead atoms. The Morgan fingerprint density at radius 1 is 0.720 bits per heavy atom. The second kappa shape index (κ2) is 8.84. The minimum absolute atomic E-state index is 0.0938. The lowest BCUT2D eigenvalue weighted by atomic mass is 9.99. The molecule has 25 heavy (non-hydrogen) atoms. The average molecular weight is 332 g/mol. The van der Waals surface area contributed by atoms with Crippen LogP contribution < -0.4 is 4.74 Å². The van der Waals surface area contributed by atoms with Crippen LogP contribution in [-0.2, 0) is 0 Å². The number of carbonyl (C=O) groups excluding carboxylic acids is 1. The van der Waals surface area contributed by atoms with E-state index < -0.39 is 0 Å². The number of ketones is 1. The lowest BCUT2D eigenvalue weighted by Gasteiger charge is -2.11. The summed E-state index contributed by atoms with van der Waals surface area (Å²) in [4.78, 5) is 11.5. The molecule has 0 aliphatic rings. The molecule has 128 valence electrons. The van der Waals surface area contributed by atoms with Crippen LogP contribution in [0, 0.1) is 20.8 Å². The van der Waals surface area contributed by atoms with Gasteiger partial charge in [-0.15, -0.1) is 0 Å². The van der Waals surface area contributed by atoms with Crippen molar-refractivity contribution >= 4 is 5.78 Å². The third-order valence-electron chi connectivity index (χ3n) is 3.78. The van der Waals surface area contributed by atoms with Gasteiger partial charge in [-0.25, -0.2) is 0 Å². The number of hydrogen-bond donors (Lipinski definition) is 0. The van der Waals surface area contributed by atoms with E-state index in [1.54, 1.807) is 6.92 Å². The molecule has 0 aliphatic carbocycles. The molecule has 0 atom stereocenters. The third-order valence-corrected chi connectivity index (χ3v) is 3.78. The summed E-state index contributed by atoms with van der Waals surface area (Å²) in [6.07, 6.45) is 0. The van der Waals surface area contributed by atoms with Crippen molar-refractivity contribution in [1.82, 2.24) is 0 Å². The number of hydrogen-bond acceptors (Lipinski definition) is 2. The highest BCUT2D eigenvalue weighted by molar-refractivity contribution is 5.97. The van der Waals surface area contributed by atoms with Gasteiger partial charge in [0.25, 0.3) is 0 Å². The van der Waals surface area contributed by atoms with Gasteiger partial charge in [-0.3, -0.25) is 4.79 Å². The van der Waals surface area contributed by atoms with Gasteiger partial charge in [-0.1, -0.05) is 54.1 Å². The molecule has 3 aromatic rings. The minimum Gasteiger partial charge on any atom is -0.457 e. The number of para-hydroxylation sites is 1. The zero-order chi connectivity index (χ0) is 18.2. The number of aryl methyl sites for hydroxylation is 3. The number of benzene rings is 3. The predicted molar refractivity (Wildman–Crippen MR) is 104 cm³/mol. The number of rotatable bonds is 3. The average Bonchev–Trinajstić information content (AvgIpc) is 2.56. The minimum atomic E-state index is 0.0938. The Bertz CT molecular complexity index is 798. The smallest absolute Gasteiger partial charge is 0.160 e. The fourth-order valence-corrected chi connectivity index (χ4v) is 2.70. The van der Waals surface area contributed by atoms with E-state index in [2.05, 4.69) is 19.1 Å². The summed E-state index contributed by atoms with van der Waals surface area (Å²) in [7, 11) is 0. The van der Waals surface area contributed by atoms with Gasteiger partial charge in [-0.05, 0) is 63.1 Å². The Labute approximate surface area is 150 Å². The molecular weight excluding hydrogens is 308 g/mol. The van der Waals surface area contributed by atoms with Gasteiger partial charge in [0.1, 0.15) is 11.5 Å². The summed E-state index contributed by atoms with van der Waals surface area (Å²) in [6.45, 7) is 7.54. The fourth-order valence-electron chi connectivity index (χ4n) is 2.70. The van der Waals surface area contributed by atoms with E-state index in [-0.39, 0.29) is 5.78 Å². The van der Waals surface area contributed by atoms with Crippen LogP contribution in [0.2, 0.25) is 0 Å². The van der Waals surface area contributed by atoms with E-state index in [4.69, 9.17) is 4.74 Å². The van der Waals surface area contributed by atoms with E-state index in [1.165, 1.54) is 5.56 Å². The standard InChI is InChI=1S/C16H16O2.C7H8/c1-11-9-15(10-12(2)16(11)13(3)17)18-14-7-5-4-6-8-14;1-7-5-3-2-4-6-7/h4-10H,1-3H3;2-6H,1H3. The molecule has 0 fully saturated rings. The maximum Gasteiger partial charge on any atom is 0.160 e. The molecule has 0 aliphatic heterocycles. The van der Waals surface area contributed by atoms with Crippen LogP contribution in [-0.4, -0.2) is 5.78 Å². The van der Waals surface area contributed by atoms with Gasteiger partial charge in [0.2, 0.25) is 0 Å². The molecule has 0 spiro atoms. The topological polar surface area (TPSA) is 26.3 Å². The van der Waals surface area contributed by atoms with Gasteiger partial charge >= 0.3 is 0 Å². The van der Waals surface area contributed by atoms with E-state index in [0.717, 1.165) is 28.2 Å². The van der Waals surface area contributed by atoms with Crippen molar-refractivity contribution in [3.05, 3.63) is 95.1 Å². The summed E-state index contributed by atoms with van der Waals surface area (Å²) in [5.74, 6) is 1.66. The first-order valence-corrected chi connectivity index (χ1v) is 8.34. The molecule has 0 N–H and O–H groups in total. The first kappa shape index (κ1) is 18.5. The van der Waals surface area contributed by atoms with Crippen LogP contribution >= 0.6 is 0 Å². The molecule has 2 heteroatoms. The van der Waals surface area contributed by atoms with Gasteiger partial charge in [0.15, 0.2) is 5.78 Å². The zero-order valence-corrected chi connectivity index (χ0v) is 15.2. The normalized spacial score (nSPS) is 9.76. The lowest BCUT2D eigenvalue weighted by molar-refractivity contribution is 0.101. The number of carbonyl (C=O) groups is 1. The number of ether oxygens (including phenoxy) is 1. The van der Waals surface area contributed by atoms with E-state index in [0.29, 0.717) is 0 Å². The Hall–Kier alpha value is -2.87. The molecule has 0 unspecified atom stereocenters. The largest absolute Gasteiger partial charge is 0.457 e. The molecule has 3 aromatic carbocycles. The first-order valence-electron chi connectivity index (χ1n) is 8.34. The van der Waals surface area contributed by atoms with Crippen LogP contribution in [0.1, 0.15) is 34.0 Å². The van der Waals surface area contributed by atoms with Crippen molar-refractivity contribution in [1.29, 1.82) is 0 Å². The molecule has 2 nitrogen and oxygen atoms in total. The molecule has 3 rings (SSSR count). The molecule has 0 aromatic heterocycles.